The van der Waals surface area contributed by atoms with E-state index in [4.69, 9.17) is 9.47 Å². The van der Waals surface area contributed by atoms with Crippen LogP contribution in [0.2, 0.25) is 0 Å². The van der Waals surface area contributed by atoms with Crippen molar-refractivity contribution in [1.29, 1.82) is 0 Å². The lowest BCUT2D eigenvalue weighted by molar-refractivity contribution is -0.604. The van der Waals surface area contributed by atoms with Crippen LogP contribution in [-0.2, 0) is 25.6 Å². The molecule has 0 saturated carbocycles. The highest BCUT2D eigenvalue weighted by atomic mass is 32.1. The Morgan fingerprint density at radius 2 is 1.81 bits per heavy atom. The molecule has 3 aliphatic rings. The number of imide groups is 1. The summed E-state index contributed by atoms with van der Waals surface area (Å²) in [6, 6.07) is 14.4. The number of cyclic esters (lactones) is 1. The predicted octanol–water partition coefficient (Wildman–Crippen LogP) is 7.11. The summed E-state index contributed by atoms with van der Waals surface area (Å²) in [5, 5.41) is 3.45. The molecule has 0 radical (unpaired) electrons. The number of ether oxygens (including phenoxy) is 2. The maximum Gasteiger partial charge on any atom is 0.416 e. The number of hydrogen-bond donors (Lipinski definition) is 1. The van der Waals surface area contributed by atoms with Gasteiger partial charge in [-0.3, -0.25) is 14.5 Å². The Balaban J connectivity index is 1.41. The number of esters is 1. The summed E-state index contributed by atoms with van der Waals surface area (Å²) in [4.78, 5) is 43.6. The van der Waals surface area contributed by atoms with Crippen molar-refractivity contribution in [2.24, 2.45) is 23.2 Å². The van der Waals surface area contributed by atoms with Gasteiger partial charge in [-0.05, 0) is 69.7 Å². The Morgan fingerprint density at radius 1 is 1.06 bits per heavy atom. The van der Waals surface area contributed by atoms with Crippen LogP contribution in [0.4, 0.5) is 10.5 Å². The maximum absolute atomic E-state index is 13.6. The average Bonchev–Trinajstić information content (AvgIpc) is 3.53. The van der Waals surface area contributed by atoms with Crippen LogP contribution < -0.4 is 5.32 Å². The van der Waals surface area contributed by atoms with Crippen molar-refractivity contribution in [1.82, 2.24) is 4.90 Å². The molecule has 1 N–H and O–H groups in total. The van der Waals surface area contributed by atoms with Crippen LogP contribution in [0.15, 0.2) is 42.5 Å². The smallest absolute Gasteiger partial charge is 0.416 e. The van der Waals surface area contributed by atoms with E-state index in [1.165, 1.54) is 11.9 Å². The fourth-order valence-corrected chi connectivity index (χ4v) is 9.19. The highest BCUT2D eigenvalue weighted by Crippen LogP contribution is 2.48. The largest absolute Gasteiger partial charge is 0.455 e. The molecule has 47 heavy (non-hydrogen) atoms. The molecule has 2 aromatic rings. The monoisotopic (exact) mass is 660 g/mol. The second kappa shape index (κ2) is 14.2. The number of nitrogens with zero attached hydrogens (tertiary/aromatic N) is 2. The lowest BCUT2D eigenvalue weighted by Crippen LogP contribution is -2.55. The summed E-state index contributed by atoms with van der Waals surface area (Å²) in [5.41, 5.74) is -0.242. The molecule has 2 saturated heterocycles. The van der Waals surface area contributed by atoms with Gasteiger partial charge >= 0.3 is 12.1 Å². The molecule has 4 heterocycles. The Morgan fingerprint density at radius 3 is 2.53 bits per heavy atom. The predicted molar refractivity (Wildman–Crippen MR) is 185 cm³/mol. The van der Waals surface area contributed by atoms with Gasteiger partial charge in [-0.2, -0.15) is 0 Å². The molecule has 252 valence electrons. The molecular formula is C38H50N3O5S+. The number of nitrogens with one attached hydrogen (secondary N) is 1. The number of para-hydroxylation sites is 1. The van der Waals surface area contributed by atoms with Crippen LogP contribution in [0.5, 0.6) is 0 Å². The van der Waals surface area contributed by atoms with Crippen molar-refractivity contribution in [3.05, 3.63) is 52.2 Å². The van der Waals surface area contributed by atoms with Crippen LogP contribution in [0.3, 0.4) is 0 Å². The standard InChI is InChI=1S/C38H50N3O5S/c1-8-32-38(6)33-27(4)41(21-13-17-31(33)35(43)46-38)26(3)23-37(5,22-25(2)34(42)40(7)36(44)45-32)20-12-16-29-18-19-30(47-29)24-39-28-14-10-9-11-15-28/h9-11,14-15,18-19,21,25-27,31-33,39H,8,13,17,20,22-24H2,1-7H3/q+1/t25-,26-,27-,31?,32-,33+,37+,38-/m1/s1. The number of hydrogen-bond acceptors (Lipinski definition) is 7. The minimum absolute atomic E-state index is 0.0224. The number of benzene rings is 1. The Bertz CT molecular complexity index is 1560. The number of carbonyl (C=O) groups is 3. The first-order valence-corrected chi connectivity index (χ1v) is 17.8. The number of amides is 2. The highest BCUT2D eigenvalue weighted by Gasteiger charge is 2.62. The topological polar surface area (TPSA) is 88.0 Å². The number of carbonyl (C=O) groups excluding carboxylic acids is 3. The van der Waals surface area contributed by atoms with E-state index >= 15 is 0 Å². The third-order valence-electron chi connectivity index (χ3n) is 10.5. The first kappa shape index (κ1) is 34.7. The lowest BCUT2D eigenvalue weighted by atomic mass is 9.72. The normalized spacial score (nSPS) is 33.0. The summed E-state index contributed by atoms with van der Waals surface area (Å²) >= 11 is 1.68. The summed E-state index contributed by atoms with van der Waals surface area (Å²) in [5.74, 6) is 5.48. The molecule has 2 amide bonds. The number of fused-ring (bicyclic) bond motifs is 1. The zero-order valence-corrected chi connectivity index (χ0v) is 29.7. The van der Waals surface area contributed by atoms with E-state index < -0.39 is 23.7 Å². The first-order chi connectivity index (χ1) is 22.3. The zero-order chi connectivity index (χ0) is 33.9. The average molecular weight is 661 g/mol. The van der Waals surface area contributed by atoms with Crippen molar-refractivity contribution in [2.45, 2.75) is 110 Å². The Hall–Kier alpha value is -3.64. The van der Waals surface area contributed by atoms with Gasteiger partial charge in [-0.1, -0.05) is 50.8 Å². The lowest BCUT2D eigenvalue weighted by Gasteiger charge is -2.40. The molecule has 0 aliphatic carbocycles. The molecule has 2 fully saturated rings. The van der Waals surface area contributed by atoms with E-state index in [9.17, 15) is 14.4 Å². The van der Waals surface area contributed by atoms with Crippen molar-refractivity contribution in [2.75, 3.05) is 12.4 Å². The van der Waals surface area contributed by atoms with Crippen molar-refractivity contribution >= 4 is 41.2 Å². The van der Waals surface area contributed by atoms with Crippen molar-refractivity contribution in [3.63, 3.8) is 0 Å². The SMILES string of the molecule is CC[C@H]1OC(=O)N(C)C(=O)[C@H](C)C[C@](C)(CC#Cc2ccc(CNc3ccccc3)s2)C[C@@H](C)[N+]2=CCCC3C(=O)O[C@@]1(C)[C@H]3[C@H]2C. The van der Waals surface area contributed by atoms with Gasteiger partial charge in [0.1, 0.15) is 18.4 Å². The molecule has 1 aromatic heterocycles. The minimum Gasteiger partial charge on any atom is -0.455 e. The van der Waals surface area contributed by atoms with E-state index in [-0.39, 0.29) is 41.2 Å². The molecule has 8 atom stereocenters. The minimum atomic E-state index is -1.01. The van der Waals surface area contributed by atoms with Gasteiger partial charge in [0.25, 0.3) is 0 Å². The van der Waals surface area contributed by atoms with Gasteiger partial charge in [0.15, 0.2) is 11.6 Å². The Labute approximate surface area is 283 Å². The van der Waals surface area contributed by atoms with Gasteiger partial charge < -0.3 is 14.8 Å². The molecule has 2 bridgehead atoms. The van der Waals surface area contributed by atoms with Crippen LogP contribution >= 0.6 is 11.3 Å². The molecule has 5 rings (SSSR count). The second-order valence-corrected chi connectivity index (χ2v) is 15.5. The zero-order valence-electron chi connectivity index (χ0n) is 28.9. The van der Waals surface area contributed by atoms with Gasteiger partial charge in [-0.25, -0.2) is 9.37 Å². The van der Waals surface area contributed by atoms with Gasteiger partial charge in [-0.15, -0.1) is 11.3 Å². The summed E-state index contributed by atoms with van der Waals surface area (Å²) in [7, 11) is 1.48. The van der Waals surface area contributed by atoms with E-state index in [1.54, 1.807) is 11.3 Å². The van der Waals surface area contributed by atoms with Gasteiger partial charge in [0.05, 0.1) is 16.7 Å². The van der Waals surface area contributed by atoms with Crippen molar-refractivity contribution in [3.8, 4) is 11.8 Å². The molecule has 3 aliphatic heterocycles. The fourth-order valence-electron chi connectivity index (χ4n) is 8.37. The summed E-state index contributed by atoms with van der Waals surface area (Å²) in [6.07, 6.45) is 4.78. The van der Waals surface area contributed by atoms with E-state index in [2.05, 4.69) is 73.0 Å². The second-order valence-electron chi connectivity index (χ2n) is 14.3. The van der Waals surface area contributed by atoms with Crippen LogP contribution in [0.25, 0.3) is 0 Å². The third kappa shape index (κ3) is 7.43. The van der Waals surface area contributed by atoms with Gasteiger partial charge in [0, 0.05) is 49.3 Å². The first-order valence-electron chi connectivity index (χ1n) is 17.0. The van der Waals surface area contributed by atoms with Crippen LogP contribution in [-0.4, -0.2) is 64.5 Å². The molecule has 9 heteroatoms. The van der Waals surface area contributed by atoms with E-state index in [1.807, 2.05) is 39.0 Å². The Kier molecular flexibility index (Phi) is 10.5. The van der Waals surface area contributed by atoms with Crippen LogP contribution in [0.1, 0.15) is 89.8 Å². The molecule has 8 nitrogen and oxygen atoms in total. The molecule has 1 aromatic carbocycles. The highest BCUT2D eigenvalue weighted by molar-refractivity contribution is 7.12. The van der Waals surface area contributed by atoms with E-state index in [0.717, 1.165) is 34.9 Å². The number of rotatable bonds is 5. The summed E-state index contributed by atoms with van der Waals surface area (Å²) < 4.78 is 14.5. The molecule has 0 spiro atoms. The fraction of sp³-hybridized carbons (Fsp3) is 0.579. The summed E-state index contributed by atoms with van der Waals surface area (Å²) in [6.45, 7) is 13.1. The van der Waals surface area contributed by atoms with Gasteiger partial charge in [0.2, 0.25) is 5.91 Å². The number of anilines is 1. The molecular weight excluding hydrogens is 611 g/mol. The third-order valence-corrected chi connectivity index (χ3v) is 11.5. The van der Waals surface area contributed by atoms with E-state index in [0.29, 0.717) is 25.7 Å². The molecule has 1 unspecified atom stereocenters. The van der Waals surface area contributed by atoms with Crippen LogP contribution in [0, 0.1) is 35.0 Å². The maximum atomic E-state index is 13.6. The quantitative estimate of drug-likeness (QED) is 0.209. The van der Waals surface area contributed by atoms with Crippen molar-refractivity contribution < 1.29 is 28.4 Å². The number of thiophene rings is 1.